The highest BCUT2D eigenvalue weighted by Crippen LogP contribution is 2.16. The number of hydrogen-bond donors (Lipinski definition) is 0. The first-order valence-corrected chi connectivity index (χ1v) is 7.13. The van der Waals surface area contributed by atoms with Crippen molar-refractivity contribution in [1.29, 1.82) is 0 Å². The molecule has 1 aromatic heterocycles. The van der Waals surface area contributed by atoms with Crippen LogP contribution in [0.15, 0.2) is 0 Å². The lowest BCUT2D eigenvalue weighted by molar-refractivity contribution is -0.129. The molecule has 4 nitrogen and oxygen atoms in total. The van der Waals surface area contributed by atoms with Crippen molar-refractivity contribution in [1.82, 2.24) is 14.7 Å². The van der Waals surface area contributed by atoms with Gasteiger partial charge in [0.2, 0.25) is 5.91 Å². The van der Waals surface area contributed by atoms with E-state index in [4.69, 9.17) is 0 Å². The number of aryl methyl sites for hydroxylation is 1. The molecule has 0 spiro atoms. The normalized spacial score (nSPS) is 11.1. The predicted molar refractivity (Wildman–Crippen MR) is 78.2 cm³/mol. The molecule has 0 fully saturated rings. The number of carbonyl (C=O) groups excluding carboxylic acids is 1. The fourth-order valence-electron chi connectivity index (χ4n) is 2.22. The van der Waals surface area contributed by atoms with Crippen molar-refractivity contribution in [3.63, 3.8) is 0 Å². The maximum Gasteiger partial charge on any atom is 0.222 e. The molecule has 0 radical (unpaired) electrons. The molecule has 0 saturated carbocycles. The van der Waals surface area contributed by atoms with E-state index in [1.165, 1.54) is 11.3 Å². The Morgan fingerprint density at radius 2 is 2.00 bits per heavy atom. The third-order valence-electron chi connectivity index (χ3n) is 3.56. The van der Waals surface area contributed by atoms with Gasteiger partial charge in [-0.2, -0.15) is 5.10 Å². The molecule has 19 heavy (non-hydrogen) atoms. The summed E-state index contributed by atoms with van der Waals surface area (Å²) >= 11 is 0. The fraction of sp³-hybridized carbons (Fsp3) is 0.733. The molecule has 0 atom stereocenters. The molecule has 4 heteroatoms. The van der Waals surface area contributed by atoms with Crippen molar-refractivity contribution in [2.24, 2.45) is 5.92 Å². The Bertz CT molecular complexity index is 435. The summed E-state index contributed by atoms with van der Waals surface area (Å²) in [4.78, 5) is 13.6. The van der Waals surface area contributed by atoms with Gasteiger partial charge in [-0.05, 0) is 38.7 Å². The molecule has 1 amide bonds. The van der Waals surface area contributed by atoms with Crippen LogP contribution >= 0.6 is 0 Å². The quantitative estimate of drug-likeness (QED) is 0.793. The van der Waals surface area contributed by atoms with Crippen molar-refractivity contribution in [2.75, 3.05) is 13.6 Å². The molecule has 0 aliphatic rings. The maximum atomic E-state index is 11.9. The summed E-state index contributed by atoms with van der Waals surface area (Å²) in [7, 11) is 1.85. The van der Waals surface area contributed by atoms with Gasteiger partial charge in [0.05, 0.1) is 5.69 Å². The molecular formula is C15H27N3O. The second kappa shape index (κ2) is 6.73. The summed E-state index contributed by atoms with van der Waals surface area (Å²) in [6.07, 6.45) is 1.36. The van der Waals surface area contributed by atoms with Gasteiger partial charge in [0.1, 0.15) is 0 Å². The molecule has 0 saturated heterocycles. The van der Waals surface area contributed by atoms with Gasteiger partial charge < -0.3 is 4.90 Å². The summed E-state index contributed by atoms with van der Waals surface area (Å²) in [5, 5.41) is 4.59. The van der Waals surface area contributed by atoms with Gasteiger partial charge in [-0.15, -0.1) is 0 Å². The minimum atomic E-state index is 0.206. The fourth-order valence-corrected chi connectivity index (χ4v) is 2.22. The van der Waals surface area contributed by atoms with Gasteiger partial charge in [0.15, 0.2) is 0 Å². The monoisotopic (exact) mass is 265 g/mol. The van der Waals surface area contributed by atoms with E-state index in [0.717, 1.165) is 25.2 Å². The molecule has 108 valence electrons. The van der Waals surface area contributed by atoms with Gasteiger partial charge >= 0.3 is 0 Å². The van der Waals surface area contributed by atoms with E-state index >= 15 is 0 Å². The van der Waals surface area contributed by atoms with Crippen molar-refractivity contribution in [2.45, 2.75) is 54.0 Å². The second-order valence-corrected chi connectivity index (χ2v) is 5.63. The first-order chi connectivity index (χ1) is 8.86. The standard InChI is InChI=1S/C15H27N3O/c1-7-17(6)15(19)9-8-14-12(4)16-18(13(14)5)10-11(2)3/h11H,7-10H2,1-6H3. The molecule has 0 aliphatic heterocycles. The van der Waals surface area contributed by atoms with Gasteiger partial charge in [-0.1, -0.05) is 13.8 Å². The van der Waals surface area contributed by atoms with Crippen LogP contribution in [0.3, 0.4) is 0 Å². The first kappa shape index (κ1) is 15.7. The van der Waals surface area contributed by atoms with Crippen LogP contribution in [-0.2, 0) is 17.8 Å². The number of rotatable bonds is 6. The maximum absolute atomic E-state index is 11.9. The largest absolute Gasteiger partial charge is 0.346 e. The number of hydrogen-bond acceptors (Lipinski definition) is 2. The van der Waals surface area contributed by atoms with E-state index in [0.29, 0.717) is 12.3 Å². The molecule has 1 rings (SSSR count). The van der Waals surface area contributed by atoms with Crippen LogP contribution in [0.5, 0.6) is 0 Å². The smallest absolute Gasteiger partial charge is 0.222 e. The zero-order chi connectivity index (χ0) is 14.6. The molecule has 0 aliphatic carbocycles. The second-order valence-electron chi connectivity index (χ2n) is 5.63. The highest BCUT2D eigenvalue weighted by Gasteiger charge is 2.14. The molecule has 1 heterocycles. The van der Waals surface area contributed by atoms with E-state index in [1.54, 1.807) is 4.90 Å². The van der Waals surface area contributed by atoms with Crippen molar-refractivity contribution in [3.05, 3.63) is 17.0 Å². The summed E-state index contributed by atoms with van der Waals surface area (Å²) in [5.41, 5.74) is 3.50. The van der Waals surface area contributed by atoms with Crippen LogP contribution in [0.4, 0.5) is 0 Å². The number of nitrogens with zero attached hydrogens (tertiary/aromatic N) is 3. The molecule has 0 aromatic carbocycles. The van der Waals surface area contributed by atoms with Gasteiger partial charge in [0.25, 0.3) is 0 Å². The summed E-state index contributed by atoms with van der Waals surface area (Å²) in [6.45, 7) is 12.2. The van der Waals surface area contributed by atoms with E-state index in [-0.39, 0.29) is 5.91 Å². The van der Waals surface area contributed by atoms with Gasteiger partial charge in [0, 0.05) is 32.3 Å². The summed E-state index contributed by atoms with van der Waals surface area (Å²) in [5.74, 6) is 0.789. The Hall–Kier alpha value is -1.32. The van der Waals surface area contributed by atoms with Crippen LogP contribution in [-0.4, -0.2) is 34.2 Å². The number of carbonyl (C=O) groups is 1. The van der Waals surface area contributed by atoms with Crippen LogP contribution in [0.25, 0.3) is 0 Å². The first-order valence-electron chi connectivity index (χ1n) is 7.13. The highest BCUT2D eigenvalue weighted by molar-refractivity contribution is 5.76. The van der Waals surface area contributed by atoms with E-state index in [2.05, 4.69) is 30.6 Å². The number of amides is 1. The highest BCUT2D eigenvalue weighted by atomic mass is 16.2. The molecular weight excluding hydrogens is 238 g/mol. The SMILES string of the molecule is CCN(C)C(=O)CCc1c(C)nn(CC(C)C)c1C. The third kappa shape index (κ3) is 4.08. The molecule has 1 aromatic rings. The Morgan fingerprint density at radius 1 is 1.37 bits per heavy atom. The van der Waals surface area contributed by atoms with Crippen molar-refractivity contribution in [3.8, 4) is 0 Å². The van der Waals surface area contributed by atoms with E-state index in [1.807, 2.05) is 20.9 Å². The topological polar surface area (TPSA) is 38.1 Å². The van der Waals surface area contributed by atoms with Crippen LogP contribution < -0.4 is 0 Å². The van der Waals surface area contributed by atoms with E-state index < -0.39 is 0 Å². The molecule has 0 unspecified atom stereocenters. The van der Waals surface area contributed by atoms with Crippen molar-refractivity contribution >= 4 is 5.91 Å². The molecule has 0 bridgehead atoms. The van der Waals surface area contributed by atoms with Gasteiger partial charge in [-0.25, -0.2) is 0 Å². The minimum Gasteiger partial charge on any atom is -0.346 e. The Morgan fingerprint density at radius 3 is 2.53 bits per heavy atom. The van der Waals surface area contributed by atoms with E-state index in [9.17, 15) is 4.79 Å². The van der Waals surface area contributed by atoms with Crippen LogP contribution in [0, 0.1) is 19.8 Å². The summed E-state index contributed by atoms with van der Waals surface area (Å²) < 4.78 is 2.07. The average Bonchev–Trinajstić information content (AvgIpc) is 2.60. The van der Waals surface area contributed by atoms with Gasteiger partial charge in [-0.3, -0.25) is 9.48 Å². The lowest BCUT2D eigenvalue weighted by atomic mass is 10.1. The lowest BCUT2D eigenvalue weighted by Crippen LogP contribution is -2.26. The van der Waals surface area contributed by atoms with Crippen LogP contribution in [0.1, 0.15) is 44.1 Å². The molecule has 0 N–H and O–H groups in total. The predicted octanol–water partition coefficient (Wildman–Crippen LogP) is 2.57. The average molecular weight is 265 g/mol. The third-order valence-corrected chi connectivity index (χ3v) is 3.56. The Balaban J connectivity index is 2.74. The number of aromatic nitrogens is 2. The van der Waals surface area contributed by atoms with Crippen LogP contribution in [0.2, 0.25) is 0 Å². The zero-order valence-corrected chi connectivity index (χ0v) is 13.2. The lowest BCUT2D eigenvalue weighted by Gasteiger charge is -2.14. The van der Waals surface area contributed by atoms with Crippen molar-refractivity contribution < 1.29 is 4.79 Å². The minimum absolute atomic E-state index is 0.206. The Labute approximate surface area is 116 Å². The summed E-state index contributed by atoms with van der Waals surface area (Å²) in [6, 6.07) is 0. The zero-order valence-electron chi connectivity index (χ0n) is 13.2. The Kier molecular flexibility index (Phi) is 5.58.